The van der Waals surface area contributed by atoms with Crippen molar-refractivity contribution in [3.8, 4) is 5.75 Å². The van der Waals surface area contributed by atoms with E-state index in [0.717, 1.165) is 31.0 Å². The molecular formula is C21H27IN4O. The Morgan fingerprint density at radius 3 is 2.78 bits per heavy atom. The number of rotatable bonds is 6. The molecule has 0 aliphatic rings. The molecule has 0 unspecified atom stereocenters. The van der Waals surface area contributed by atoms with E-state index in [1.165, 1.54) is 22.0 Å². The predicted octanol–water partition coefficient (Wildman–Crippen LogP) is 4.10. The lowest BCUT2D eigenvalue weighted by Gasteiger charge is -2.11. The second kappa shape index (κ2) is 10.2. The summed E-state index contributed by atoms with van der Waals surface area (Å²) in [4.78, 5) is 7.94. The van der Waals surface area contributed by atoms with E-state index in [-0.39, 0.29) is 29.7 Å². The number of aliphatic imine (C=N–C) groups is 1. The van der Waals surface area contributed by atoms with Crippen LogP contribution in [0.4, 0.5) is 0 Å². The smallest absolute Gasteiger partial charge is 0.191 e. The Labute approximate surface area is 177 Å². The van der Waals surface area contributed by atoms with Crippen molar-refractivity contribution in [3.05, 3.63) is 65.4 Å². The van der Waals surface area contributed by atoms with Crippen molar-refractivity contribution in [2.75, 3.05) is 13.1 Å². The lowest BCUT2D eigenvalue weighted by atomic mass is 10.1. The molecule has 27 heavy (non-hydrogen) atoms. The quantitative estimate of drug-likeness (QED) is 0.245. The Hall–Kier alpha value is -2.22. The first-order chi connectivity index (χ1) is 12.7. The van der Waals surface area contributed by atoms with Gasteiger partial charge in [0.05, 0.1) is 6.54 Å². The minimum absolute atomic E-state index is 0. The molecule has 5 nitrogen and oxygen atoms in total. The number of hydrogen-bond acceptors (Lipinski definition) is 2. The number of phenolic OH excluding ortho intramolecular Hbond substituents is 1. The van der Waals surface area contributed by atoms with Gasteiger partial charge in [-0.15, -0.1) is 24.0 Å². The minimum atomic E-state index is 0. The number of nitrogens with one attached hydrogen (secondary N) is 3. The van der Waals surface area contributed by atoms with Crippen LogP contribution in [0.3, 0.4) is 0 Å². The van der Waals surface area contributed by atoms with E-state index in [1.54, 1.807) is 12.1 Å². The first-order valence-electron chi connectivity index (χ1n) is 9.02. The zero-order valence-electron chi connectivity index (χ0n) is 15.7. The first kappa shape index (κ1) is 21.1. The van der Waals surface area contributed by atoms with Gasteiger partial charge in [0.1, 0.15) is 5.75 Å². The fraction of sp³-hybridized carbons (Fsp3) is 0.286. The SMILES string of the molecule is CCNC(=NCc1cccc(O)c1)NCCc1c[nH]c2cc(C)ccc12.I. The van der Waals surface area contributed by atoms with Crippen LogP contribution in [0.15, 0.2) is 53.7 Å². The van der Waals surface area contributed by atoms with Crippen molar-refractivity contribution in [2.24, 2.45) is 4.99 Å². The molecule has 0 saturated heterocycles. The maximum Gasteiger partial charge on any atom is 0.191 e. The van der Waals surface area contributed by atoms with Crippen LogP contribution in [0.2, 0.25) is 0 Å². The number of guanidine groups is 1. The third-order valence-electron chi connectivity index (χ3n) is 4.28. The van der Waals surface area contributed by atoms with Crippen LogP contribution in [0.5, 0.6) is 5.75 Å². The van der Waals surface area contributed by atoms with Crippen molar-refractivity contribution in [1.29, 1.82) is 0 Å². The highest BCUT2D eigenvalue weighted by Gasteiger charge is 2.04. The van der Waals surface area contributed by atoms with Crippen LogP contribution in [0.1, 0.15) is 23.6 Å². The number of H-pyrrole nitrogens is 1. The number of aromatic nitrogens is 1. The summed E-state index contributed by atoms with van der Waals surface area (Å²) in [6, 6.07) is 13.7. The molecule has 3 rings (SSSR count). The fourth-order valence-corrected chi connectivity index (χ4v) is 2.99. The predicted molar refractivity (Wildman–Crippen MR) is 123 cm³/mol. The van der Waals surface area contributed by atoms with Crippen LogP contribution < -0.4 is 10.6 Å². The Morgan fingerprint density at radius 1 is 1.15 bits per heavy atom. The fourth-order valence-electron chi connectivity index (χ4n) is 2.99. The van der Waals surface area contributed by atoms with Gasteiger partial charge in [0.15, 0.2) is 5.96 Å². The molecule has 0 fully saturated rings. The molecule has 0 spiro atoms. The molecule has 1 heterocycles. The number of hydrogen-bond donors (Lipinski definition) is 4. The molecule has 2 aromatic carbocycles. The van der Waals surface area contributed by atoms with E-state index in [2.05, 4.69) is 51.9 Å². The van der Waals surface area contributed by atoms with Gasteiger partial charge in [0.2, 0.25) is 0 Å². The molecule has 1 aromatic heterocycles. The number of aryl methyl sites for hydroxylation is 1. The first-order valence-corrected chi connectivity index (χ1v) is 9.02. The van der Waals surface area contributed by atoms with E-state index in [1.807, 2.05) is 19.1 Å². The number of phenols is 1. The van der Waals surface area contributed by atoms with E-state index in [4.69, 9.17) is 0 Å². The topological polar surface area (TPSA) is 72.4 Å². The summed E-state index contributed by atoms with van der Waals surface area (Å²) in [5.41, 5.74) is 4.73. The van der Waals surface area contributed by atoms with Crippen molar-refractivity contribution >= 4 is 40.8 Å². The summed E-state index contributed by atoms with van der Waals surface area (Å²) in [5, 5.41) is 17.5. The number of nitrogens with zero attached hydrogens (tertiary/aromatic N) is 1. The molecule has 0 aliphatic carbocycles. The maximum absolute atomic E-state index is 9.55. The summed E-state index contributed by atoms with van der Waals surface area (Å²) >= 11 is 0. The van der Waals surface area contributed by atoms with Gasteiger partial charge in [-0.1, -0.05) is 24.3 Å². The molecule has 144 valence electrons. The summed E-state index contributed by atoms with van der Waals surface area (Å²) in [6.45, 7) is 6.28. The van der Waals surface area contributed by atoms with Gasteiger partial charge >= 0.3 is 0 Å². The highest BCUT2D eigenvalue weighted by atomic mass is 127. The Kier molecular flexibility index (Phi) is 7.97. The number of fused-ring (bicyclic) bond motifs is 1. The molecule has 0 radical (unpaired) electrons. The second-order valence-corrected chi connectivity index (χ2v) is 6.40. The summed E-state index contributed by atoms with van der Waals surface area (Å²) in [6.07, 6.45) is 3.00. The van der Waals surface area contributed by atoms with E-state index in [0.29, 0.717) is 6.54 Å². The van der Waals surface area contributed by atoms with E-state index < -0.39 is 0 Å². The van der Waals surface area contributed by atoms with Crippen molar-refractivity contribution in [3.63, 3.8) is 0 Å². The molecule has 0 atom stereocenters. The van der Waals surface area contributed by atoms with Gasteiger partial charge in [-0.3, -0.25) is 0 Å². The molecule has 4 N–H and O–H groups in total. The zero-order chi connectivity index (χ0) is 18.4. The molecule has 0 aliphatic heterocycles. The van der Waals surface area contributed by atoms with Crippen LogP contribution >= 0.6 is 24.0 Å². The Balaban J connectivity index is 0.00000261. The summed E-state index contributed by atoms with van der Waals surface area (Å²) < 4.78 is 0. The van der Waals surface area contributed by atoms with Crippen LogP contribution in [-0.4, -0.2) is 29.1 Å². The third-order valence-corrected chi connectivity index (χ3v) is 4.28. The van der Waals surface area contributed by atoms with Gasteiger partial charge < -0.3 is 20.7 Å². The van der Waals surface area contributed by atoms with Gasteiger partial charge in [0.25, 0.3) is 0 Å². The van der Waals surface area contributed by atoms with Gasteiger partial charge in [0, 0.05) is 30.2 Å². The van der Waals surface area contributed by atoms with E-state index >= 15 is 0 Å². The minimum Gasteiger partial charge on any atom is -0.508 e. The number of aromatic hydroxyl groups is 1. The molecule has 0 saturated carbocycles. The number of benzene rings is 2. The average molecular weight is 478 g/mol. The number of halogens is 1. The summed E-state index contributed by atoms with van der Waals surface area (Å²) in [7, 11) is 0. The average Bonchev–Trinajstić information content (AvgIpc) is 3.02. The molecular weight excluding hydrogens is 451 g/mol. The normalized spacial score (nSPS) is 11.3. The number of aromatic amines is 1. The standard InChI is InChI=1S/C21H26N4O.HI/c1-3-22-21(25-13-16-5-4-6-18(26)12-16)23-10-9-17-14-24-20-11-15(2)7-8-19(17)20;/h4-8,11-12,14,24,26H,3,9-10,13H2,1-2H3,(H2,22,23,25);1H. The van der Waals surface area contributed by atoms with Crippen molar-refractivity contribution < 1.29 is 5.11 Å². The zero-order valence-corrected chi connectivity index (χ0v) is 18.1. The second-order valence-electron chi connectivity index (χ2n) is 6.40. The molecule has 3 aromatic rings. The van der Waals surface area contributed by atoms with Crippen LogP contribution in [0, 0.1) is 6.92 Å². The largest absolute Gasteiger partial charge is 0.508 e. The van der Waals surface area contributed by atoms with Gasteiger partial charge in [-0.05, 0) is 55.2 Å². The van der Waals surface area contributed by atoms with Crippen molar-refractivity contribution in [1.82, 2.24) is 15.6 Å². The monoisotopic (exact) mass is 478 g/mol. The molecule has 6 heteroatoms. The maximum atomic E-state index is 9.55. The Bertz CT molecular complexity index is 904. The highest BCUT2D eigenvalue weighted by Crippen LogP contribution is 2.19. The third kappa shape index (κ3) is 5.89. The highest BCUT2D eigenvalue weighted by molar-refractivity contribution is 14.0. The molecule has 0 bridgehead atoms. The van der Waals surface area contributed by atoms with Crippen LogP contribution in [-0.2, 0) is 13.0 Å². The lowest BCUT2D eigenvalue weighted by molar-refractivity contribution is 0.474. The lowest BCUT2D eigenvalue weighted by Crippen LogP contribution is -2.38. The van der Waals surface area contributed by atoms with E-state index in [9.17, 15) is 5.11 Å². The van der Waals surface area contributed by atoms with Gasteiger partial charge in [-0.25, -0.2) is 4.99 Å². The summed E-state index contributed by atoms with van der Waals surface area (Å²) in [5.74, 6) is 1.05. The van der Waals surface area contributed by atoms with Gasteiger partial charge in [-0.2, -0.15) is 0 Å². The van der Waals surface area contributed by atoms with Crippen molar-refractivity contribution in [2.45, 2.75) is 26.8 Å². The van der Waals surface area contributed by atoms with Crippen LogP contribution in [0.25, 0.3) is 10.9 Å². The Morgan fingerprint density at radius 2 is 2.00 bits per heavy atom. The molecule has 0 amide bonds.